The zero-order valence-corrected chi connectivity index (χ0v) is 15.5. The molecule has 1 N–H and O–H groups in total. The molecule has 0 bridgehead atoms. The number of urea groups is 1. The molecule has 0 atom stereocenters. The van der Waals surface area contributed by atoms with Crippen LogP contribution < -0.4 is 24.4 Å². The number of anilines is 1. The topological polar surface area (TPSA) is 80.3 Å². The summed E-state index contributed by atoms with van der Waals surface area (Å²) in [6.07, 6.45) is 0. The first kappa shape index (κ1) is 18.0. The Morgan fingerprint density at radius 2 is 1.89 bits per heavy atom. The maximum atomic E-state index is 12.6. The van der Waals surface area contributed by atoms with Crippen molar-refractivity contribution in [1.29, 1.82) is 0 Å². The molecule has 2 aliphatic rings. The molecule has 0 saturated carbocycles. The smallest absolute Gasteiger partial charge is 0.325 e. The second-order valence-corrected chi connectivity index (χ2v) is 6.52. The lowest BCUT2D eigenvalue weighted by Gasteiger charge is -2.18. The molecule has 146 valence electrons. The molecule has 0 spiro atoms. The average Bonchev–Trinajstić information content (AvgIpc) is 3.33. The summed E-state index contributed by atoms with van der Waals surface area (Å²) >= 11 is 0. The van der Waals surface area contributed by atoms with Crippen LogP contribution in [0.2, 0.25) is 0 Å². The minimum absolute atomic E-state index is 0.0238. The summed E-state index contributed by atoms with van der Waals surface area (Å²) in [5.74, 6) is 1.91. The van der Waals surface area contributed by atoms with Gasteiger partial charge >= 0.3 is 6.03 Å². The van der Waals surface area contributed by atoms with Crippen molar-refractivity contribution in [2.75, 3.05) is 38.4 Å². The average molecular weight is 383 g/mol. The summed E-state index contributed by atoms with van der Waals surface area (Å²) in [5.41, 5.74) is 1.69. The van der Waals surface area contributed by atoms with Crippen molar-refractivity contribution >= 4 is 17.6 Å². The lowest BCUT2D eigenvalue weighted by Crippen LogP contribution is -2.39. The molecule has 0 radical (unpaired) electrons. The molecular formula is C20H21N3O5. The van der Waals surface area contributed by atoms with Gasteiger partial charge < -0.3 is 24.4 Å². The summed E-state index contributed by atoms with van der Waals surface area (Å²) in [7, 11) is 1.60. The number of amides is 3. The number of methoxy groups -OCH3 is 1. The van der Waals surface area contributed by atoms with Gasteiger partial charge in [0.05, 0.1) is 7.11 Å². The van der Waals surface area contributed by atoms with Crippen molar-refractivity contribution in [2.45, 2.75) is 6.54 Å². The van der Waals surface area contributed by atoms with Gasteiger partial charge in [0.15, 0.2) is 11.5 Å². The molecule has 1 fully saturated rings. The van der Waals surface area contributed by atoms with Gasteiger partial charge in [0.25, 0.3) is 0 Å². The molecule has 0 aromatic heterocycles. The van der Waals surface area contributed by atoms with E-state index in [1.807, 2.05) is 42.5 Å². The second-order valence-electron chi connectivity index (χ2n) is 6.52. The van der Waals surface area contributed by atoms with Gasteiger partial charge in [-0.05, 0) is 42.0 Å². The maximum Gasteiger partial charge on any atom is 0.325 e. The van der Waals surface area contributed by atoms with Crippen molar-refractivity contribution < 1.29 is 23.8 Å². The van der Waals surface area contributed by atoms with Crippen LogP contribution in [0.25, 0.3) is 0 Å². The Morgan fingerprint density at radius 1 is 1.11 bits per heavy atom. The number of ether oxygens (including phenoxy) is 3. The van der Waals surface area contributed by atoms with E-state index in [0.29, 0.717) is 31.1 Å². The molecule has 2 aliphatic heterocycles. The Kier molecular flexibility index (Phi) is 4.92. The van der Waals surface area contributed by atoms with Crippen LogP contribution in [0.1, 0.15) is 5.56 Å². The van der Waals surface area contributed by atoms with Crippen LogP contribution in [0.5, 0.6) is 17.2 Å². The SMILES string of the molecule is COc1ccc(N2CCN(CC(=O)NCc3ccc4c(c3)OCO4)C2=O)cc1. The summed E-state index contributed by atoms with van der Waals surface area (Å²) in [4.78, 5) is 28.1. The summed E-state index contributed by atoms with van der Waals surface area (Å²) in [6, 6.07) is 12.6. The quantitative estimate of drug-likeness (QED) is 0.825. The first-order chi connectivity index (χ1) is 13.6. The van der Waals surface area contributed by atoms with Crippen LogP contribution in [0.4, 0.5) is 10.5 Å². The van der Waals surface area contributed by atoms with Gasteiger partial charge in [-0.2, -0.15) is 0 Å². The predicted molar refractivity (Wildman–Crippen MR) is 102 cm³/mol. The van der Waals surface area contributed by atoms with Crippen LogP contribution in [0.3, 0.4) is 0 Å². The Bertz CT molecular complexity index is 884. The number of rotatable bonds is 6. The molecule has 28 heavy (non-hydrogen) atoms. The zero-order chi connectivity index (χ0) is 19.5. The number of hydrogen-bond donors (Lipinski definition) is 1. The largest absolute Gasteiger partial charge is 0.497 e. The van der Waals surface area contributed by atoms with E-state index in [9.17, 15) is 9.59 Å². The van der Waals surface area contributed by atoms with E-state index in [0.717, 1.165) is 17.0 Å². The summed E-state index contributed by atoms with van der Waals surface area (Å²) < 4.78 is 15.7. The first-order valence-corrected chi connectivity index (χ1v) is 9.00. The monoisotopic (exact) mass is 383 g/mol. The van der Waals surface area contributed by atoms with Crippen molar-refractivity contribution in [1.82, 2.24) is 10.2 Å². The number of benzene rings is 2. The third-order valence-electron chi connectivity index (χ3n) is 4.74. The fourth-order valence-corrected chi connectivity index (χ4v) is 3.21. The van der Waals surface area contributed by atoms with Crippen molar-refractivity contribution in [3.63, 3.8) is 0 Å². The summed E-state index contributed by atoms with van der Waals surface area (Å²) in [5, 5.41) is 2.84. The number of carbonyl (C=O) groups is 2. The third kappa shape index (κ3) is 3.66. The molecule has 2 aromatic carbocycles. The van der Waals surface area contributed by atoms with E-state index in [1.165, 1.54) is 0 Å². The van der Waals surface area contributed by atoms with Crippen LogP contribution >= 0.6 is 0 Å². The molecule has 1 saturated heterocycles. The molecule has 3 amide bonds. The predicted octanol–water partition coefficient (Wildman–Crippen LogP) is 1.98. The Labute approximate surface area is 162 Å². The number of nitrogens with zero attached hydrogens (tertiary/aromatic N) is 2. The normalized spacial score (nSPS) is 15.1. The molecule has 8 nitrogen and oxygen atoms in total. The third-order valence-corrected chi connectivity index (χ3v) is 4.74. The van der Waals surface area contributed by atoms with Crippen molar-refractivity contribution in [3.05, 3.63) is 48.0 Å². The molecule has 8 heteroatoms. The number of fused-ring (bicyclic) bond motifs is 1. The van der Waals surface area contributed by atoms with Gasteiger partial charge in [-0.25, -0.2) is 4.79 Å². The first-order valence-electron chi connectivity index (χ1n) is 9.00. The minimum Gasteiger partial charge on any atom is -0.497 e. The number of nitrogens with one attached hydrogen (secondary N) is 1. The highest BCUT2D eigenvalue weighted by Gasteiger charge is 2.30. The standard InChI is InChI=1S/C20H21N3O5/c1-26-16-5-3-15(4-6-16)23-9-8-22(20(23)25)12-19(24)21-11-14-2-7-17-18(10-14)28-13-27-17/h2-7,10H,8-9,11-13H2,1H3,(H,21,24). The number of carbonyl (C=O) groups excluding carboxylic acids is 2. The van der Waals surface area contributed by atoms with Crippen molar-refractivity contribution in [3.8, 4) is 17.2 Å². The van der Waals surface area contributed by atoms with Crippen LogP contribution in [-0.4, -0.2) is 50.4 Å². The van der Waals surface area contributed by atoms with E-state index in [1.54, 1.807) is 16.9 Å². The molecule has 4 rings (SSSR count). The zero-order valence-electron chi connectivity index (χ0n) is 15.5. The molecular weight excluding hydrogens is 362 g/mol. The fourth-order valence-electron chi connectivity index (χ4n) is 3.21. The van der Waals surface area contributed by atoms with Gasteiger partial charge in [0.2, 0.25) is 12.7 Å². The fraction of sp³-hybridized carbons (Fsp3) is 0.300. The lowest BCUT2D eigenvalue weighted by atomic mass is 10.2. The van der Waals surface area contributed by atoms with E-state index in [-0.39, 0.29) is 25.3 Å². The lowest BCUT2D eigenvalue weighted by molar-refractivity contribution is -0.121. The molecule has 2 heterocycles. The highest BCUT2D eigenvalue weighted by Crippen LogP contribution is 2.32. The highest BCUT2D eigenvalue weighted by molar-refractivity contribution is 5.96. The summed E-state index contributed by atoms with van der Waals surface area (Å²) in [6.45, 7) is 1.64. The van der Waals surface area contributed by atoms with Gasteiger partial charge in [0.1, 0.15) is 12.3 Å². The van der Waals surface area contributed by atoms with Crippen LogP contribution in [0.15, 0.2) is 42.5 Å². The van der Waals surface area contributed by atoms with Gasteiger partial charge in [-0.1, -0.05) is 6.07 Å². The Hall–Kier alpha value is -3.42. The Morgan fingerprint density at radius 3 is 2.68 bits per heavy atom. The van der Waals surface area contributed by atoms with E-state index in [2.05, 4.69) is 5.32 Å². The van der Waals surface area contributed by atoms with Crippen molar-refractivity contribution in [2.24, 2.45) is 0 Å². The number of hydrogen-bond acceptors (Lipinski definition) is 5. The van der Waals surface area contributed by atoms with Crippen LogP contribution in [-0.2, 0) is 11.3 Å². The van der Waals surface area contributed by atoms with E-state index < -0.39 is 0 Å². The molecule has 0 aliphatic carbocycles. The van der Waals surface area contributed by atoms with Gasteiger partial charge in [-0.3, -0.25) is 9.69 Å². The Balaban J connectivity index is 1.30. The van der Waals surface area contributed by atoms with Gasteiger partial charge in [0, 0.05) is 25.3 Å². The highest BCUT2D eigenvalue weighted by atomic mass is 16.7. The molecule has 0 unspecified atom stereocenters. The van der Waals surface area contributed by atoms with E-state index in [4.69, 9.17) is 14.2 Å². The second kappa shape index (κ2) is 7.67. The van der Waals surface area contributed by atoms with E-state index >= 15 is 0 Å². The maximum absolute atomic E-state index is 12.6. The van der Waals surface area contributed by atoms with Gasteiger partial charge in [-0.15, -0.1) is 0 Å². The van der Waals surface area contributed by atoms with Crippen LogP contribution in [0, 0.1) is 0 Å². The molecule has 2 aromatic rings. The minimum atomic E-state index is -0.206.